The first kappa shape index (κ1) is 32.9. The van der Waals surface area contributed by atoms with Crippen LogP contribution in [0.1, 0.15) is 83.6 Å². The molecule has 0 bridgehead atoms. The zero-order valence-electron chi connectivity index (χ0n) is 24.9. The van der Waals surface area contributed by atoms with Crippen molar-refractivity contribution in [1.82, 2.24) is 9.88 Å². The number of amides is 1. The van der Waals surface area contributed by atoms with E-state index in [1.165, 1.54) is 4.90 Å². The normalized spacial score (nSPS) is 27.2. The molecule has 1 fully saturated rings. The highest BCUT2D eigenvalue weighted by Gasteiger charge is 2.37. The molecule has 2 aliphatic rings. The number of Topliss-reactive ketones (excluding diaryl/α,β-unsaturated/α-hetero) is 2. The van der Waals surface area contributed by atoms with Gasteiger partial charge in [-0.2, -0.15) is 0 Å². The number of esters is 2. The number of cyclic esters (lactones) is 2. The maximum atomic E-state index is 13.5. The van der Waals surface area contributed by atoms with Crippen LogP contribution in [0.5, 0.6) is 0 Å². The van der Waals surface area contributed by atoms with Gasteiger partial charge in [-0.3, -0.25) is 24.2 Å². The van der Waals surface area contributed by atoms with Crippen molar-refractivity contribution in [3.8, 4) is 0 Å². The number of ether oxygens (including phenoxy) is 2. The van der Waals surface area contributed by atoms with Gasteiger partial charge in [-0.15, -0.1) is 6.58 Å². The number of fused-ring (bicyclic) bond motifs is 1. The molecule has 4 atom stereocenters. The first-order chi connectivity index (χ1) is 20.2. The molecular weight excluding hydrogens is 536 g/mol. The second kappa shape index (κ2) is 16.7. The number of rotatable bonds is 5. The molecule has 1 aromatic heterocycles. The highest BCUT2D eigenvalue weighted by Crippen LogP contribution is 2.26. The van der Waals surface area contributed by atoms with Gasteiger partial charge in [-0.05, 0) is 69.4 Å². The highest BCUT2D eigenvalue weighted by molar-refractivity contribution is 6.36. The molecular formula is C33H44N2O7. The van der Waals surface area contributed by atoms with Gasteiger partial charge in [0.2, 0.25) is 5.78 Å². The summed E-state index contributed by atoms with van der Waals surface area (Å²) in [6, 6.07) is 2.95. The number of hydrogen-bond acceptors (Lipinski definition) is 8. The van der Waals surface area contributed by atoms with Gasteiger partial charge in [-0.25, -0.2) is 4.79 Å². The zero-order valence-corrected chi connectivity index (χ0v) is 24.9. The van der Waals surface area contributed by atoms with Crippen molar-refractivity contribution in [3.05, 3.63) is 54.4 Å². The number of carbonyl (C=O) groups excluding carboxylic acids is 5. The Bertz CT molecular complexity index is 1150. The number of aromatic nitrogens is 1. The molecule has 3 rings (SSSR count). The van der Waals surface area contributed by atoms with Crippen molar-refractivity contribution < 1.29 is 33.4 Å². The lowest BCUT2D eigenvalue weighted by atomic mass is 9.88. The molecule has 228 valence electrons. The van der Waals surface area contributed by atoms with Crippen LogP contribution in [0.15, 0.2) is 48.8 Å². The molecule has 42 heavy (non-hydrogen) atoms. The summed E-state index contributed by atoms with van der Waals surface area (Å²) >= 11 is 0. The first-order valence-electron chi connectivity index (χ1n) is 15.1. The lowest BCUT2D eigenvalue weighted by molar-refractivity contribution is -0.165. The largest absolute Gasteiger partial charge is 0.465 e. The fourth-order valence-electron chi connectivity index (χ4n) is 5.48. The lowest BCUT2D eigenvalue weighted by Crippen LogP contribution is -2.51. The number of nitrogens with zero attached hydrogens (tertiary/aromatic N) is 2. The Labute approximate surface area is 248 Å². The Hall–Kier alpha value is -3.62. The number of aryl methyl sites for hydroxylation is 1. The van der Waals surface area contributed by atoms with Crippen LogP contribution in [-0.2, 0) is 39.9 Å². The van der Waals surface area contributed by atoms with Crippen LogP contribution in [-0.4, -0.2) is 64.6 Å². The molecule has 2 aliphatic heterocycles. The quantitative estimate of drug-likeness (QED) is 0.279. The number of pyridine rings is 1. The molecule has 0 aliphatic carbocycles. The Morgan fingerprint density at radius 3 is 2.62 bits per heavy atom. The van der Waals surface area contributed by atoms with Crippen molar-refractivity contribution >= 4 is 29.4 Å². The van der Waals surface area contributed by atoms with Gasteiger partial charge in [0.05, 0.1) is 13.0 Å². The number of allylic oxidation sites excluding steroid dienone is 2. The summed E-state index contributed by atoms with van der Waals surface area (Å²) in [6.07, 6.45) is 10.9. The Morgan fingerprint density at radius 1 is 1.07 bits per heavy atom. The minimum atomic E-state index is -0.868. The molecule has 0 N–H and O–H groups in total. The summed E-state index contributed by atoms with van der Waals surface area (Å²) in [5.74, 6) is -2.98. The van der Waals surface area contributed by atoms with Gasteiger partial charge < -0.3 is 14.4 Å². The van der Waals surface area contributed by atoms with Crippen molar-refractivity contribution in [2.24, 2.45) is 11.8 Å². The van der Waals surface area contributed by atoms with Crippen molar-refractivity contribution in [1.29, 1.82) is 0 Å². The van der Waals surface area contributed by atoms with Crippen LogP contribution in [0.3, 0.4) is 0 Å². The predicted molar refractivity (Wildman–Crippen MR) is 157 cm³/mol. The minimum Gasteiger partial charge on any atom is -0.465 e. The number of hydrogen-bond donors (Lipinski definition) is 0. The van der Waals surface area contributed by atoms with E-state index in [1.54, 1.807) is 18.5 Å². The molecule has 1 saturated heterocycles. The van der Waals surface area contributed by atoms with Crippen molar-refractivity contribution in [3.63, 3.8) is 0 Å². The summed E-state index contributed by atoms with van der Waals surface area (Å²) in [7, 11) is 0. The predicted octanol–water partition coefficient (Wildman–Crippen LogP) is 4.73. The van der Waals surface area contributed by atoms with E-state index in [4.69, 9.17) is 9.47 Å². The third-order valence-electron chi connectivity index (χ3n) is 8.10. The van der Waals surface area contributed by atoms with Crippen molar-refractivity contribution in [2.45, 2.75) is 96.6 Å². The summed E-state index contributed by atoms with van der Waals surface area (Å²) in [5.41, 5.74) is 1.92. The fourth-order valence-corrected chi connectivity index (χ4v) is 5.48. The fraction of sp³-hybridized carbons (Fsp3) is 0.576. The van der Waals surface area contributed by atoms with Crippen LogP contribution in [0, 0.1) is 11.8 Å². The van der Waals surface area contributed by atoms with E-state index in [0.29, 0.717) is 51.4 Å². The molecule has 1 unspecified atom stereocenters. The van der Waals surface area contributed by atoms with E-state index in [2.05, 4.69) is 11.6 Å². The van der Waals surface area contributed by atoms with E-state index in [-0.39, 0.29) is 43.6 Å². The van der Waals surface area contributed by atoms with Crippen molar-refractivity contribution in [2.75, 3.05) is 13.2 Å². The minimum absolute atomic E-state index is 0.0763. The summed E-state index contributed by atoms with van der Waals surface area (Å²) in [4.78, 5) is 70.3. The van der Waals surface area contributed by atoms with Crippen LogP contribution in [0.2, 0.25) is 0 Å². The van der Waals surface area contributed by atoms with E-state index in [1.807, 2.05) is 32.1 Å². The number of piperidine rings is 1. The molecule has 0 saturated carbocycles. The molecule has 1 amide bonds. The average Bonchev–Trinajstić information content (AvgIpc) is 2.99. The first-order valence-corrected chi connectivity index (χ1v) is 15.1. The molecule has 3 heterocycles. The molecule has 1 aromatic rings. The van der Waals surface area contributed by atoms with Crippen LogP contribution < -0.4 is 0 Å². The lowest BCUT2D eigenvalue weighted by Gasteiger charge is -2.35. The molecule has 0 aromatic carbocycles. The van der Waals surface area contributed by atoms with Gasteiger partial charge in [0, 0.05) is 44.1 Å². The topological polar surface area (TPSA) is 120 Å². The SMILES string of the molecule is C=CCC1/C=C(\C)CCOC(=O)CCC(=O)C(=O)N2CCCC[C@H]2C(=O)O[C@H](CCc2cccnc2)[C@H](C)CCC1=O. The van der Waals surface area contributed by atoms with Crippen LogP contribution in [0.25, 0.3) is 0 Å². The highest BCUT2D eigenvalue weighted by atomic mass is 16.5. The zero-order chi connectivity index (χ0) is 30.5. The standard InChI is InChI=1S/C33H44N2O7/c1-4-8-26-21-23(2)17-20-41-31(38)16-14-29(37)32(39)35-19-6-5-10-27(35)33(40)42-30(24(3)11-13-28(26)36)15-12-25-9-7-18-34-22-25/h4,7,9,18,21-22,24,26-27,30H,1,5-6,8,10-17,19-20H2,2-3H3/b23-21+/t24-,26?,27+,30-/m1/s1. The Morgan fingerprint density at radius 2 is 1.88 bits per heavy atom. The number of ketones is 2. The van der Waals surface area contributed by atoms with Gasteiger partial charge in [0.15, 0.2) is 0 Å². The van der Waals surface area contributed by atoms with E-state index >= 15 is 0 Å². The second-order valence-electron chi connectivity index (χ2n) is 11.4. The summed E-state index contributed by atoms with van der Waals surface area (Å²) < 4.78 is 11.3. The third-order valence-corrected chi connectivity index (χ3v) is 8.10. The maximum Gasteiger partial charge on any atom is 0.329 e. The molecule has 0 radical (unpaired) electrons. The van der Waals surface area contributed by atoms with Crippen LogP contribution >= 0.6 is 0 Å². The smallest absolute Gasteiger partial charge is 0.329 e. The Kier molecular flexibility index (Phi) is 13.1. The van der Waals surface area contributed by atoms with E-state index in [9.17, 15) is 24.0 Å². The van der Waals surface area contributed by atoms with Gasteiger partial charge in [0.25, 0.3) is 5.91 Å². The van der Waals surface area contributed by atoms with E-state index in [0.717, 1.165) is 17.6 Å². The molecule has 0 spiro atoms. The average molecular weight is 581 g/mol. The molecule has 9 nitrogen and oxygen atoms in total. The Balaban J connectivity index is 1.85. The third kappa shape index (κ3) is 10.0. The van der Waals surface area contributed by atoms with Gasteiger partial charge in [-0.1, -0.05) is 30.7 Å². The van der Waals surface area contributed by atoms with Gasteiger partial charge in [0.1, 0.15) is 17.9 Å². The summed E-state index contributed by atoms with van der Waals surface area (Å²) in [6.45, 7) is 8.06. The van der Waals surface area contributed by atoms with E-state index < -0.39 is 35.8 Å². The summed E-state index contributed by atoms with van der Waals surface area (Å²) in [5, 5.41) is 0. The second-order valence-corrected chi connectivity index (χ2v) is 11.4. The monoisotopic (exact) mass is 580 g/mol. The van der Waals surface area contributed by atoms with Gasteiger partial charge >= 0.3 is 11.9 Å². The number of carbonyl (C=O) groups is 5. The molecule has 9 heteroatoms. The van der Waals surface area contributed by atoms with Crippen LogP contribution in [0.4, 0.5) is 0 Å². The maximum absolute atomic E-state index is 13.5.